The zero-order chi connectivity index (χ0) is 14.5. The number of aromatic nitrogens is 3. The first kappa shape index (κ1) is 13.7. The zero-order valence-corrected chi connectivity index (χ0v) is 10.7. The van der Waals surface area contributed by atoms with Gasteiger partial charge in [-0.25, -0.2) is 15.0 Å². The summed E-state index contributed by atoms with van der Waals surface area (Å²) in [6.07, 6.45) is 3.12. The molecule has 0 radical (unpaired) electrons. The van der Waals surface area contributed by atoms with E-state index in [0.717, 1.165) is 11.8 Å². The number of pyridine rings is 1. The summed E-state index contributed by atoms with van der Waals surface area (Å²) in [7, 11) is 0. The Kier molecular flexibility index (Phi) is 4.05. The molecule has 0 bridgehead atoms. The molecule has 2 aromatic heterocycles. The average molecular weight is 292 g/mol. The molecule has 102 valence electrons. The predicted octanol–water partition coefficient (Wildman–Crippen LogP) is 1.03. The first-order chi connectivity index (χ1) is 9.61. The summed E-state index contributed by atoms with van der Waals surface area (Å²) in [6, 6.07) is 4.33. The van der Waals surface area contributed by atoms with Gasteiger partial charge in [0.25, 0.3) is 5.69 Å². The molecule has 0 unspecified atom stereocenters. The number of nitrogens with zero attached hydrogens (tertiary/aromatic N) is 5. The van der Waals surface area contributed by atoms with Gasteiger partial charge in [0.05, 0.1) is 4.92 Å². The van der Waals surface area contributed by atoms with Gasteiger partial charge < -0.3 is 10.9 Å². The summed E-state index contributed by atoms with van der Waals surface area (Å²) in [5, 5.41) is 23.1. The van der Waals surface area contributed by atoms with E-state index >= 15 is 0 Å². The van der Waals surface area contributed by atoms with Crippen LogP contribution in [0, 0.1) is 10.1 Å². The highest BCUT2D eigenvalue weighted by atomic mass is 32.2. The van der Waals surface area contributed by atoms with Crippen LogP contribution in [0.1, 0.15) is 5.69 Å². The molecule has 0 spiro atoms. The Bertz CT molecular complexity index is 663. The summed E-state index contributed by atoms with van der Waals surface area (Å²) in [5.41, 5.74) is 4.83. The third kappa shape index (κ3) is 2.98. The summed E-state index contributed by atoms with van der Waals surface area (Å²) < 4.78 is 0. The molecule has 0 aliphatic heterocycles. The molecule has 0 fully saturated rings. The SMILES string of the molecule is N/C(=N/O)c1nc(Sc2ncccn2)ccc1[N+](=O)[O-]. The Morgan fingerprint density at radius 2 is 2.10 bits per heavy atom. The molecule has 2 heterocycles. The highest BCUT2D eigenvalue weighted by molar-refractivity contribution is 7.99. The van der Waals surface area contributed by atoms with Gasteiger partial charge in [-0.3, -0.25) is 10.1 Å². The van der Waals surface area contributed by atoms with Crippen LogP contribution in [0.2, 0.25) is 0 Å². The summed E-state index contributed by atoms with van der Waals surface area (Å²) in [4.78, 5) is 22.2. The van der Waals surface area contributed by atoms with E-state index in [-0.39, 0.29) is 11.4 Å². The maximum absolute atomic E-state index is 10.9. The van der Waals surface area contributed by atoms with E-state index in [1.165, 1.54) is 12.1 Å². The number of nitro groups is 1. The Morgan fingerprint density at radius 3 is 2.70 bits per heavy atom. The topological polar surface area (TPSA) is 140 Å². The molecule has 0 saturated carbocycles. The van der Waals surface area contributed by atoms with Crippen LogP contribution in [0.3, 0.4) is 0 Å². The van der Waals surface area contributed by atoms with Gasteiger partial charge in [-0.1, -0.05) is 5.16 Å². The molecule has 3 N–H and O–H groups in total. The van der Waals surface area contributed by atoms with Crippen LogP contribution >= 0.6 is 11.8 Å². The molecule has 10 heteroatoms. The van der Waals surface area contributed by atoms with Crippen molar-refractivity contribution in [3.63, 3.8) is 0 Å². The van der Waals surface area contributed by atoms with Crippen LogP contribution in [-0.4, -0.2) is 30.9 Å². The molecule has 2 rings (SSSR count). The van der Waals surface area contributed by atoms with Crippen LogP contribution in [0.5, 0.6) is 0 Å². The number of nitrogens with two attached hydrogens (primary N) is 1. The van der Waals surface area contributed by atoms with E-state index in [4.69, 9.17) is 10.9 Å². The number of rotatable bonds is 4. The molecule has 2 aromatic rings. The van der Waals surface area contributed by atoms with E-state index in [2.05, 4.69) is 20.1 Å². The third-order valence-electron chi connectivity index (χ3n) is 2.13. The van der Waals surface area contributed by atoms with Crippen LogP contribution in [0.15, 0.2) is 45.9 Å². The van der Waals surface area contributed by atoms with Crippen molar-refractivity contribution in [2.24, 2.45) is 10.9 Å². The van der Waals surface area contributed by atoms with Gasteiger partial charge in [-0.2, -0.15) is 0 Å². The van der Waals surface area contributed by atoms with E-state index in [9.17, 15) is 10.1 Å². The van der Waals surface area contributed by atoms with Crippen LogP contribution in [-0.2, 0) is 0 Å². The summed E-state index contributed by atoms with van der Waals surface area (Å²) in [5.74, 6) is -0.437. The second kappa shape index (κ2) is 5.93. The Labute approximate surface area is 116 Å². The predicted molar refractivity (Wildman–Crippen MR) is 69.6 cm³/mol. The number of amidine groups is 1. The van der Waals surface area contributed by atoms with Crippen molar-refractivity contribution in [2.75, 3.05) is 0 Å². The van der Waals surface area contributed by atoms with Crippen molar-refractivity contribution in [2.45, 2.75) is 10.2 Å². The van der Waals surface area contributed by atoms with E-state index in [1.807, 2.05) is 0 Å². The monoisotopic (exact) mass is 292 g/mol. The minimum atomic E-state index is -0.659. The standard InChI is InChI=1S/C10H8N6O3S/c11-9(15-17)8-6(16(18)19)2-3-7(14-8)20-10-12-4-1-5-13-10/h1-5,17H,(H2,11,15). The molecule has 20 heavy (non-hydrogen) atoms. The van der Waals surface area contributed by atoms with Crippen LogP contribution in [0.4, 0.5) is 5.69 Å². The quantitative estimate of drug-likeness (QED) is 0.212. The van der Waals surface area contributed by atoms with Gasteiger partial charge >= 0.3 is 0 Å². The van der Waals surface area contributed by atoms with Crippen molar-refractivity contribution in [1.82, 2.24) is 15.0 Å². The normalized spacial score (nSPS) is 11.3. The maximum Gasteiger partial charge on any atom is 0.298 e. The van der Waals surface area contributed by atoms with Gasteiger partial charge in [0.2, 0.25) is 0 Å². The number of oxime groups is 1. The molecular formula is C10H8N6O3S. The lowest BCUT2D eigenvalue weighted by molar-refractivity contribution is -0.385. The molecule has 9 nitrogen and oxygen atoms in total. The van der Waals surface area contributed by atoms with Crippen molar-refractivity contribution in [3.8, 4) is 0 Å². The highest BCUT2D eigenvalue weighted by Crippen LogP contribution is 2.25. The fourth-order valence-corrected chi connectivity index (χ4v) is 1.99. The molecule has 0 saturated heterocycles. The average Bonchev–Trinajstić information content (AvgIpc) is 2.47. The number of hydrogen-bond donors (Lipinski definition) is 2. The second-order valence-corrected chi connectivity index (χ2v) is 4.38. The summed E-state index contributed by atoms with van der Waals surface area (Å²) in [6.45, 7) is 0. The lowest BCUT2D eigenvalue weighted by atomic mass is 10.3. The van der Waals surface area contributed by atoms with E-state index in [0.29, 0.717) is 10.2 Å². The molecule has 0 atom stereocenters. The van der Waals surface area contributed by atoms with Crippen molar-refractivity contribution < 1.29 is 10.1 Å². The Balaban J connectivity index is 2.40. The van der Waals surface area contributed by atoms with Gasteiger partial charge in [0.15, 0.2) is 16.7 Å². The molecule has 0 amide bonds. The highest BCUT2D eigenvalue weighted by Gasteiger charge is 2.20. The third-order valence-corrected chi connectivity index (χ3v) is 2.96. The van der Waals surface area contributed by atoms with Gasteiger partial charge in [-0.15, -0.1) is 0 Å². The molecule has 0 aliphatic rings. The summed E-state index contributed by atoms with van der Waals surface area (Å²) >= 11 is 1.10. The van der Waals surface area contributed by atoms with Gasteiger partial charge in [0, 0.05) is 18.5 Å². The first-order valence-corrected chi connectivity index (χ1v) is 6.01. The largest absolute Gasteiger partial charge is 0.409 e. The van der Waals surface area contributed by atoms with Crippen LogP contribution < -0.4 is 5.73 Å². The molecular weight excluding hydrogens is 284 g/mol. The van der Waals surface area contributed by atoms with Crippen LogP contribution in [0.25, 0.3) is 0 Å². The van der Waals surface area contributed by atoms with Crippen molar-refractivity contribution >= 4 is 23.3 Å². The van der Waals surface area contributed by atoms with E-state index < -0.39 is 10.8 Å². The van der Waals surface area contributed by atoms with Crippen molar-refractivity contribution in [1.29, 1.82) is 0 Å². The Hall–Kier alpha value is -2.75. The van der Waals surface area contributed by atoms with Gasteiger partial charge in [-0.05, 0) is 23.9 Å². The fraction of sp³-hybridized carbons (Fsp3) is 0. The lowest BCUT2D eigenvalue weighted by Gasteiger charge is -2.03. The second-order valence-electron chi connectivity index (χ2n) is 3.39. The smallest absolute Gasteiger partial charge is 0.298 e. The maximum atomic E-state index is 10.9. The molecule has 0 aromatic carbocycles. The fourth-order valence-electron chi connectivity index (χ4n) is 1.31. The minimum Gasteiger partial charge on any atom is -0.409 e. The number of hydrogen-bond acceptors (Lipinski definition) is 8. The Morgan fingerprint density at radius 1 is 1.40 bits per heavy atom. The minimum absolute atomic E-state index is 0.210. The zero-order valence-electron chi connectivity index (χ0n) is 9.87. The first-order valence-electron chi connectivity index (χ1n) is 5.20. The van der Waals surface area contributed by atoms with Gasteiger partial charge in [0.1, 0.15) is 5.03 Å². The lowest BCUT2D eigenvalue weighted by Crippen LogP contribution is -2.17. The van der Waals surface area contributed by atoms with E-state index in [1.54, 1.807) is 18.5 Å². The van der Waals surface area contributed by atoms with Crippen molar-refractivity contribution in [3.05, 3.63) is 46.4 Å². The molecule has 0 aliphatic carbocycles.